The Hall–Kier alpha value is -2.56. The molecule has 2 aromatic rings. The predicted octanol–water partition coefficient (Wildman–Crippen LogP) is 2.37. The number of benzene rings is 1. The lowest BCUT2D eigenvalue weighted by Crippen LogP contribution is -2.32. The highest BCUT2D eigenvalue weighted by Crippen LogP contribution is 2.47. The van der Waals surface area contributed by atoms with E-state index < -0.39 is 11.9 Å². The van der Waals surface area contributed by atoms with Gasteiger partial charge in [-0.2, -0.15) is 0 Å². The van der Waals surface area contributed by atoms with Gasteiger partial charge in [-0.25, -0.2) is 0 Å². The fourth-order valence-corrected chi connectivity index (χ4v) is 2.67. The van der Waals surface area contributed by atoms with Crippen molar-refractivity contribution >= 4 is 11.9 Å². The summed E-state index contributed by atoms with van der Waals surface area (Å²) in [5, 5.41) is 12.1. The van der Waals surface area contributed by atoms with Gasteiger partial charge < -0.3 is 14.8 Å². The summed E-state index contributed by atoms with van der Waals surface area (Å²) >= 11 is 0. The molecule has 0 saturated heterocycles. The Morgan fingerprint density at radius 1 is 1.23 bits per heavy atom. The molecule has 1 aliphatic rings. The zero-order valence-corrected chi connectivity index (χ0v) is 11.9. The number of hydrogen-bond acceptors (Lipinski definition) is 3. The van der Waals surface area contributed by atoms with Crippen molar-refractivity contribution < 1.29 is 19.1 Å². The van der Waals surface area contributed by atoms with Crippen LogP contribution in [0.2, 0.25) is 0 Å². The van der Waals surface area contributed by atoms with Crippen molar-refractivity contribution in [3.63, 3.8) is 0 Å². The van der Waals surface area contributed by atoms with E-state index in [0.717, 1.165) is 12.2 Å². The summed E-state index contributed by atoms with van der Waals surface area (Å²) < 4.78 is 5.30. The summed E-state index contributed by atoms with van der Waals surface area (Å²) in [5.74, 6) is -0.955. The Balaban J connectivity index is 1.57. The zero-order valence-electron chi connectivity index (χ0n) is 11.9. The molecule has 1 aromatic carbocycles. The van der Waals surface area contributed by atoms with Gasteiger partial charge in [-0.3, -0.25) is 9.59 Å². The third kappa shape index (κ3) is 3.03. The van der Waals surface area contributed by atoms with Gasteiger partial charge in [0.2, 0.25) is 5.91 Å². The standard InChI is InChI=1S/C17H17NO4/c19-16(13-9-12(13)15-7-4-8-22-15)18-10-14(17(20)21)11-5-2-1-3-6-11/h1-8,12-14H,9-10H2,(H,18,19)(H,20,21)/t12-,13+,14-/m1/s1. The van der Waals surface area contributed by atoms with E-state index in [-0.39, 0.29) is 24.3 Å². The second-order valence-corrected chi connectivity index (χ2v) is 5.51. The Bertz CT molecular complexity index is 651. The van der Waals surface area contributed by atoms with E-state index in [0.29, 0.717) is 5.56 Å². The number of carboxylic acids is 1. The molecule has 1 heterocycles. The van der Waals surface area contributed by atoms with Gasteiger partial charge in [-0.05, 0) is 24.1 Å². The van der Waals surface area contributed by atoms with E-state index in [4.69, 9.17) is 4.42 Å². The normalized spacial score (nSPS) is 21.1. The third-order valence-corrected chi connectivity index (χ3v) is 4.02. The van der Waals surface area contributed by atoms with Crippen molar-refractivity contribution in [2.75, 3.05) is 6.54 Å². The van der Waals surface area contributed by atoms with Crippen molar-refractivity contribution in [2.45, 2.75) is 18.3 Å². The number of aliphatic carboxylic acids is 1. The maximum absolute atomic E-state index is 12.1. The molecular weight excluding hydrogens is 282 g/mol. The van der Waals surface area contributed by atoms with Gasteiger partial charge in [0.05, 0.1) is 12.2 Å². The van der Waals surface area contributed by atoms with Crippen LogP contribution in [0.1, 0.15) is 29.6 Å². The number of nitrogens with one attached hydrogen (secondary N) is 1. The lowest BCUT2D eigenvalue weighted by atomic mass is 9.99. The van der Waals surface area contributed by atoms with Crippen molar-refractivity contribution in [1.82, 2.24) is 5.32 Å². The van der Waals surface area contributed by atoms with Crippen LogP contribution in [0.4, 0.5) is 0 Å². The summed E-state index contributed by atoms with van der Waals surface area (Å²) in [6.07, 6.45) is 2.35. The van der Waals surface area contributed by atoms with Gasteiger partial charge in [-0.15, -0.1) is 0 Å². The number of carbonyl (C=O) groups is 2. The van der Waals surface area contributed by atoms with E-state index in [1.807, 2.05) is 12.1 Å². The van der Waals surface area contributed by atoms with Crippen LogP contribution >= 0.6 is 0 Å². The highest BCUT2D eigenvalue weighted by Gasteiger charge is 2.45. The van der Waals surface area contributed by atoms with Crippen molar-refractivity contribution in [1.29, 1.82) is 0 Å². The molecule has 1 fully saturated rings. The van der Waals surface area contributed by atoms with Gasteiger partial charge in [-0.1, -0.05) is 30.3 Å². The number of carbonyl (C=O) groups excluding carboxylic acids is 1. The highest BCUT2D eigenvalue weighted by atomic mass is 16.4. The van der Waals surface area contributed by atoms with E-state index >= 15 is 0 Å². The molecule has 1 saturated carbocycles. The maximum Gasteiger partial charge on any atom is 0.312 e. The number of amides is 1. The molecule has 1 aromatic heterocycles. The second kappa shape index (κ2) is 6.05. The Morgan fingerprint density at radius 3 is 2.64 bits per heavy atom. The molecule has 1 aliphatic carbocycles. The average molecular weight is 299 g/mol. The summed E-state index contributed by atoms with van der Waals surface area (Å²) in [6.45, 7) is 0.0968. The first-order chi connectivity index (χ1) is 10.7. The van der Waals surface area contributed by atoms with Gasteiger partial charge in [0.1, 0.15) is 5.76 Å². The van der Waals surface area contributed by atoms with Gasteiger partial charge in [0.25, 0.3) is 0 Å². The molecule has 0 unspecified atom stereocenters. The largest absolute Gasteiger partial charge is 0.481 e. The number of rotatable bonds is 6. The van der Waals surface area contributed by atoms with E-state index in [1.54, 1.807) is 36.6 Å². The van der Waals surface area contributed by atoms with Gasteiger partial charge >= 0.3 is 5.97 Å². The second-order valence-electron chi connectivity index (χ2n) is 5.51. The quantitative estimate of drug-likeness (QED) is 0.858. The average Bonchev–Trinajstić information content (AvgIpc) is 3.14. The van der Waals surface area contributed by atoms with Crippen molar-refractivity contribution in [2.24, 2.45) is 5.92 Å². The molecule has 0 bridgehead atoms. The first kappa shape index (κ1) is 14.4. The smallest absolute Gasteiger partial charge is 0.312 e. The fraction of sp³-hybridized carbons (Fsp3) is 0.294. The molecule has 114 valence electrons. The van der Waals surface area contributed by atoms with E-state index in [9.17, 15) is 14.7 Å². The van der Waals surface area contributed by atoms with Crippen LogP contribution in [0, 0.1) is 5.92 Å². The lowest BCUT2D eigenvalue weighted by molar-refractivity contribution is -0.138. The van der Waals surface area contributed by atoms with Gasteiger partial charge in [0.15, 0.2) is 0 Å². The molecule has 3 atom stereocenters. The number of carboxylic acid groups (broad SMARTS) is 1. The number of furan rings is 1. The summed E-state index contributed by atoms with van der Waals surface area (Å²) in [7, 11) is 0. The van der Waals surface area contributed by atoms with Crippen LogP contribution in [0.15, 0.2) is 53.1 Å². The van der Waals surface area contributed by atoms with Crippen LogP contribution in [-0.4, -0.2) is 23.5 Å². The maximum atomic E-state index is 12.1. The van der Waals surface area contributed by atoms with Crippen LogP contribution in [0.5, 0.6) is 0 Å². The van der Waals surface area contributed by atoms with Crippen LogP contribution in [0.25, 0.3) is 0 Å². The Kier molecular flexibility index (Phi) is 3.96. The van der Waals surface area contributed by atoms with Crippen LogP contribution in [-0.2, 0) is 9.59 Å². The minimum absolute atomic E-state index is 0.0968. The minimum atomic E-state index is -0.940. The minimum Gasteiger partial charge on any atom is -0.481 e. The molecular formula is C17H17NO4. The monoisotopic (exact) mass is 299 g/mol. The molecule has 0 aliphatic heterocycles. The first-order valence-electron chi connectivity index (χ1n) is 7.25. The van der Waals surface area contributed by atoms with Crippen LogP contribution in [0.3, 0.4) is 0 Å². The zero-order chi connectivity index (χ0) is 15.5. The SMILES string of the molecule is O=C(NC[C@@H](C(=O)O)c1ccccc1)[C@H]1C[C@H]1c1ccco1. The highest BCUT2D eigenvalue weighted by molar-refractivity contribution is 5.84. The molecule has 3 rings (SSSR count). The predicted molar refractivity (Wildman–Crippen MR) is 79.4 cm³/mol. The Labute approximate surface area is 127 Å². The summed E-state index contributed by atoms with van der Waals surface area (Å²) in [4.78, 5) is 23.5. The molecule has 0 spiro atoms. The molecule has 22 heavy (non-hydrogen) atoms. The molecule has 0 radical (unpaired) electrons. The van der Waals surface area contributed by atoms with Gasteiger partial charge in [0, 0.05) is 18.4 Å². The molecule has 5 heteroatoms. The third-order valence-electron chi connectivity index (χ3n) is 4.02. The Morgan fingerprint density at radius 2 is 2.00 bits per heavy atom. The van der Waals surface area contributed by atoms with Crippen molar-refractivity contribution in [3.8, 4) is 0 Å². The fourth-order valence-electron chi connectivity index (χ4n) is 2.67. The molecule has 2 N–H and O–H groups in total. The topological polar surface area (TPSA) is 79.5 Å². The lowest BCUT2D eigenvalue weighted by Gasteiger charge is -2.13. The summed E-state index contributed by atoms with van der Waals surface area (Å²) in [5.41, 5.74) is 0.689. The van der Waals surface area contributed by atoms with E-state index in [1.165, 1.54) is 0 Å². The molecule has 1 amide bonds. The van der Waals surface area contributed by atoms with E-state index in [2.05, 4.69) is 5.32 Å². The van der Waals surface area contributed by atoms with Crippen molar-refractivity contribution in [3.05, 3.63) is 60.1 Å². The first-order valence-corrected chi connectivity index (χ1v) is 7.25. The number of hydrogen-bond donors (Lipinski definition) is 2. The molecule has 5 nitrogen and oxygen atoms in total. The van der Waals surface area contributed by atoms with Crippen LogP contribution < -0.4 is 5.32 Å². The summed E-state index contributed by atoms with van der Waals surface area (Å²) in [6, 6.07) is 12.6.